The molecule has 0 saturated heterocycles. The lowest BCUT2D eigenvalue weighted by atomic mass is 10.1. The maximum Gasteiger partial charge on any atom is 0.257 e. The highest BCUT2D eigenvalue weighted by Crippen LogP contribution is 2.28. The number of benzene rings is 2. The molecule has 0 saturated carbocycles. The molecule has 0 aliphatic heterocycles. The molecule has 0 aliphatic rings. The molecule has 6 nitrogen and oxygen atoms in total. The molecule has 2 heterocycles. The normalized spacial score (nSPS) is 11.0. The summed E-state index contributed by atoms with van der Waals surface area (Å²) in [6.07, 6.45) is 0. The van der Waals surface area contributed by atoms with Gasteiger partial charge in [-0.25, -0.2) is 4.98 Å². The SMILES string of the molecule is Cc1noc(-c2ccc(C(=O)Nc3nc4c(C)cccc4s3)cc2)n1. The summed E-state index contributed by atoms with van der Waals surface area (Å²) in [4.78, 5) is 21.1. The zero-order valence-corrected chi connectivity index (χ0v) is 14.4. The Balaban J connectivity index is 1.55. The number of nitrogens with zero attached hydrogens (tertiary/aromatic N) is 3. The third kappa shape index (κ3) is 3.01. The van der Waals surface area contributed by atoms with Crippen molar-refractivity contribution in [3.63, 3.8) is 0 Å². The van der Waals surface area contributed by atoms with Crippen LogP contribution < -0.4 is 5.32 Å². The lowest BCUT2D eigenvalue weighted by Crippen LogP contribution is -2.11. The number of para-hydroxylation sites is 1. The summed E-state index contributed by atoms with van der Waals surface area (Å²) in [5.41, 5.74) is 3.32. The van der Waals surface area contributed by atoms with Crippen molar-refractivity contribution in [3.8, 4) is 11.5 Å². The predicted octanol–water partition coefficient (Wildman–Crippen LogP) is 4.22. The van der Waals surface area contributed by atoms with Crippen LogP contribution >= 0.6 is 11.3 Å². The van der Waals surface area contributed by atoms with E-state index in [9.17, 15) is 4.79 Å². The second kappa shape index (κ2) is 6.10. The van der Waals surface area contributed by atoms with Gasteiger partial charge in [-0.2, -0.15) is 4.98 Å². The number of hydrogen-bond acceptors (Lipinski definition) is 6. The number of carbonyl (C=O) groups is 1. The largest absolute Gasteiger partial charge is 0.334 e. The lowest BCUT2D eigenvalue weighted by Gasteiger charge is -2.02. The molecule has 1 N–H and O–H groups in total. The maximum absolute atomic E-state index is 12.4. The molecule has 0 radical (unpaired) electrons. The Hall–Kier alpha value is -3.06. The Kier molecular flexibility index (Phi) is 3.77. The van der Waals surface area contributed by atoms with Gasteiger partial charge in [0.15, 0.2) is 11.0 Å². The highest BCUT2D eigenvalue weighted by Gasteiger charge is 2.12. The molecule has 7 heteroatoms. The van der Waals surface area contributed by atoms with E-state index in [-0.39, 0.29) is 5.91 Å². The van der Waals surface area contributed by atoms with Crippen LogP contribution in [0.5, 0.6) is 0 Å². The van der Waals surface area contributed by atoms with Gasteiger partial charge in [0.25, 0.3) is 11.8 Å². The molecule has 0 aliphatic carbocycles. The van der Waals surface area contributed by atoms with E-state index in [1.807, 2.05) is 25.1 Å². The van der Waals surface area contributed by atoms with Gasteiger partial charge in [-0.1, -0.05) is 28.6 Å². The summed E-state index contributed by atoms with van der Waals surface area (Å²) < 4.78 is 6.17. The molecule has 0 bridgehead atoms. The first kappa shape index (κ1) is 15.5. The van der Waals surface area contributed by atoms with Crippen LogP contribution in [0.15, 0.2) is 47.0 Å². The molecule has 25 heavy (non-hydrogen) atoms. The highest BCUT2D eigenvalue weighted by atomic mass is 32.1. The quantitative estimate of drug-likeness (QED) is 0.598. The summed E-state index contributed by atoms with van der Waals surface area (Å²) in [5.74, 6) is 0.805. The number of hydrogen-bond donors (Lipinski definition) is 1. The fourth-order valence-corrected chi connectivity index (χ4v) is 3.43. The van der Waals surface area contributed by atoms with E-state index in [2.05, 4.69) is 20.4 Å². The van der Waals surface area contributed by atoms with Gasteiger partial charge in [0.1, 0.15) is 0 Å². The van der Waals surface area contributed by atoms with Crippen molar-refractivity contribution in [2.24, 2.45) is 0 Å². The maximum atomic E-state index is 12.4. The van der Waals surface area contributed by atoms with E-state index in [1.165, 1.54) is 11.3 Å². The van der Waals surface area contributed by atoms with Crippen LogP contribution in [-0.4, -0.2) is 21.0 Å². The van der Waals surface area contributed by atoms with Crippen molar-refractivity contribution >= 4 is 32.6 Å². The molecule has 0 spiro atoms. The fraction of sp³-hybridized carbons (Fsp3) is 0.111. The molecule has 1 amide bonds. The molecular weight excluding hydrogens is 336 g/mol. The van der Waals surface area contributed by atoms with Gasteiger partial charge in [0.05, 0.1) is 10.2 Å². The minimum absolute atomic E-state index is 0.204. The van der Waals surface area contributed by atoms with Crippen LogP contribution in [0.3, 0.4) is 0 Å². The Morgan fingerprint density at radius 1 is 1.08 bits per heavy atom. The zero-order valence-electron chi connectivity index (χ0n) is 13.6. The number of thiazole rings is 1. The van der Waals surface area contributed by atoms with Gasteiger partial charge in [-0.15, -0.1) is 0 Å². The molecule has 124 valence electrons. The summed E-state index contributed by atoms with van der Waals surface area (Å²) in [6, 6.07) is 13.0. The van der Waals surface area contributed by atoms with E-state index >= 15 is 0 Å². The van der Waals surface area contributed by atoms with Crippen molar-refractivity contribution < 1.29 is 9.32 Å². The van der Waals surface area contributed by atoms with Gasteiger partial charge in [-0.3, -0.25) is 10.1 Å². The third-order valence-electron chi connectivity index (χ3n) is 3.76. The number of amides is 1. The van der Waals surface area contributed by atoms with Crippen molar-refractivity contribution in [1.29, 1.82) is 0 Å². The van der Waals surface area contributed by atoms with E-state index in [0.29, 0.717) is 22.4 Å². The number of aromatic nitrogens is 3. The Morgan fingerprint density at radius 2 is 1.88 bits per heavy atom. The van der Waals surface area contributed by atoms with Crippen molar-refractivity contribution in [2.45, 2.75) is 13.8 Å². The van der Waals surface area contributed by atoms with Crippen LogP contribution in [0.4, 0.5) is 5.13 Å². The van der Waals surface area contributed by atoms with Crippen LogP contribution in [0.1, 0.15) is 21.7 Å². The van der Waals surface area contributed by atoms with Crippen LogP contribution in [-0.2, 0) is 0 Å². The minimum Gasteiger partial charge on any atom is -0.334 e. The Morgan fingerprint density at radius 3 is 2.56 bits per heavy atom. The summed E-state index contributed by atoms with van der Waals surface area (Å²) in [5, 5.41) is 7.21. The smallest absolute Gasteiger partial charge is 0.257 e. The van der Waals surface area contributed by atoms with Gasteiger partial charge in [0, 0.05) is 11.1 Å². The van der Waals surface area contributed by atoms with Crippen molar-refractivity contribution in [3.05, 3.63) is 59.4 Å². The molecule has 0 atom stereocenters. The average Bonchev–Trinajstić information content (AvgIpc) is 3.22. The molecule has 4 aromatic rings. The Labute approximate surface area is 147 Å². The van der Waals surface area contributed by atoms with Crippen LogP contribution in [0, 0.1) is 13.8 Å². The predicted molar refractivity (Wildman–Crippen MR) is 96.8 cm³/mol. The second-order valence-corrected chi connectivity index (χ2v) is 6.65. The van der Waals surface area contributed by atoms with Gasteiger partial charge in [0.2, 0.25) is 0 Å². The summed E-state index contributed by atoms with van der Waals surface area (Å²) in [7, 11) is 0. The number of nitrogens with one attached hydrogen (secondary N) is 1. The van der Waals surface area contributed by atoms with Gasteiger partial charge >= 0.3 is 0 Å². The number of fused-ring (bicyclic) bond motifs is 1. The molecule has 2 aromatic carbocycles. The number of carbonyl (C=O) groups excluding carboxylic acids is 1. The third-order valence-corrected chi connectivity index (χ3v) is 4.70. The summed E-state index contributed by atoms with van der Waals surface area (Å²) in [6.45, 7) is 3.76. The molecule has 2 aromatic heterocycles. The number of rotatable bonds is 3. The fourth-order valence-electron chi connectivity index (χ4n) is 2.49. The molecule has 0 unspecified atom stereocenters. The van der Waals surface area contributed by atoms with Crippen molar-refractivity contribution in [2.75, 3.05) is 5.32 Å². The molecule has 4 rings (SSSR count). The minimum atomic E-state index is -0.204. The van der Waals surface area contributed by atoms with E-state index in [4.69, 9.17) is 4.52 Å². The van der Waals surface area contributed by atoms with Gasteiger partial charge in [-0.05, 0) is 49.7 Å². The average molecular weight is 350 g/mol. The number of aryl methyl sites for hydroxylation is 2. The van der Waals surface area contributed by atoms with Crippen LogP contribution in [0.2, 0.25) is 0 Å². The van der Waals surface area contributed by atoms with E-state index in [1.54, 1.807) is 31.2 Å². The summed E-state index contributed by atoms with van der Waals surface area (Å²) >= 11 is 1.46. The first-order chi connectivity index (χ1) is 12.1. The standard InChI is InChI=1S/C18H14N4O2S/c1-10-4-3-5-14-15(10)20-18(25-14)21-16(23)12-6-8-13(9-7-12)17-19-11(2)22-24-17/h3-9H,1-2H3,(H,20,21,23). The Bertz CT molecular complexity index is 1070. The first-order valence-corrected chi connectivity index (χ1v) is 8.50. The molecule has 0 fully saturated rings. The second-order valence-electron chi connectivity index (χ2n) is 5.62. The zero-order chi connectivity index (χ0) is 17.4. The highest BCUT2D eigenvalue weighted by molar-refractivity contribution is 7.22. The van der Waals surface area contributed by atoms with E-state index in [0.717, 1.165) is 21.3 Å². The van der Waals surface area contributed by atoms with Crippen molar-refractivity contribution in [1.82, 2.24) is 15.1 Å². The number of anilines is 1. The first-order valence-electron chi connectivity index (χ1n) is 7.68. The topological polar surface area (TPSA) is 80.9 Å². The lowest BCUT2D eigenvalue weighted by molar-refractivity contribution is 0.102. The molecular formula is C18H14N4O2S. The van der Waals surface area contributed by atoms with Gasteiger partial charge < -0.3 is 4.52 Å². The monoisotopic (exact) mass is 350 g/mol. The van der Waals surface area contributed by atoms with Crippen LogP contribution in [0.25, 0.3) is 21.7 Å². The van der Waals surface area contributed by atoms with E-state index < -0.39 is 0 Å².